The molecule has 5 rings (SSSR count). The molecule has 0 atom stereocenters. The van der Waals surface area contributed by atoms with E-state index in [-0.39, 0.29) is 22.5 Å². The van der Waals surface area contributed by atoms with E-state index in [4.69, 9.17) is 4.74 Å². The highest BCUT2D eigenvalue weighted by molar-refractivity contribution is 7.97. The first-order valence-electron chi connectivity index (χ1n) is 11.3. The summed E-state index contributed by atoms with van der Waals surface area (Å²) >= 11 is 0. The molecule has 0 heterocycles. The van der Waals surface area contributed by atoms with Gasteiger partial charge in [0, 0.05) is 6.07 Å². The molecule has 168 valence electrons. The highest BCUT2D eigenvalue weighted by atomic mass is 32.2. The lowest BCUT2D eigenvalue weighted by molar-refractivity contribution is 0.102. The van der Waals surface area contributed by atoms with Gasteiger partial charge in [-0.2, -0.15) is 0 Å². The van der Waals surface area contributed by atoms with E-state index in [1.807, 2.05) is 74.5 Å². The largest absolute Gasteiger partial charge is 0.480 e. The van der Waals surface area contributed by atoms with Crippen LogP contribution >= 0.6 is 0 Å². The normalized spacial score (nSPS) is 11.6. The van der Waals surface area contributed by atoms with Gasteiger partial charge in [-0.1, -0.05) is 72.8 Å². The van der Waals surface area contributed by atoms with Crippen molar-refractivity contribution in [3.8, 4) is 5.75 Å². The monoisotopic (exact) mass is 465 g/mol. The summed E-state index contributed by atoms with van der Waals surface area (Å²) in [7, 11) is -0.371. The van der Waals surface area contributed by atoms with Gasteiger partial charge in [0.25, 0.3) is 0 Å². The van der Waals surface area contributed by atoms with Gasteiger partial charge >= 0.3 is 0 Å². The van der Waals surface area contributed by atoms with Gasteiger partial charge in [-0.15, -0.1) is 0 Å². The van der Waals surface area contributed by atoms with E-state index in [0.29, 0.717) is 0 Å². The van der Waals surface area contributed by atoms with Crippen LogP contribution in [0.2, 0.25) is 0 Å². The van der Waals surface area contributed by atoms with Crippen molar-refractivity contribution < 1.29 is 9.13 Å². The smallest absolute Gasteiger partial charge is 0.170 e. The van der Waals surface area contributed by atoms with E-state index in [0.717, 1.165) is 15.8 Å². The van der Waals surface area contributed by atoms with Crippen LogP contribution in [0.25, 0.3) is 10.8 Å². The van der Waals surface area contributed by atoms with Crippen molar-refractivity contribution >= 4 is 21.7 Å². The predicted molar refractivity (Wildman–Crippen MR) is 139 cm³/mol. The third-order valence-corrected chi connectivity index (χ3v) is 8.12. The maximum Gasteiger partial charge on any atom is 0.170 e. The van der Waals surface area contributed by atoms with Crippen LogP contribution in [0.1, 0.15) is 19.4 Å². The number of fused-ring (bicyclic) bond motifs is 1. The highest BCUT2D eigenvalue weighted by Crippen LogP contribution is 2.36. The molecule has 0 unspecified atom stereocenters. The predicted octanol–water partition coefficient (Wildman–Crippen LogP) is 8.39. The maximum atomic E-state index is 15.0. The third kappa shape index (κ3) is 4.57. The molecule has 0 aliphatic heterocycles. The van der Waals surface area contributed by atoms with E-state index in [9.17, 15) is 0 Å². The Morgan fingerprint density at radius 2 is 1.18 bits per heavy atom. The van der Waals surface area contributed by atoms with Crippen LogP contribution in [0.5, 0.6) is 5.75 Å². The van der Waals surface area contributed by atoms with Crippen molar-refractivity contribution in [1.29, 1.82) is 0 Å². The molecule has 0 spiro atoms. The molecular weight excluding hydrogens is 439 g/mol. The molecule has 5 aromatic rings. The van der Waals surface area contributed by atoms with E-state index in [1.54, 1.807) is 0 Å². The molecule has 0 saturated heterocycles. The second-order valence-corrected chi connectivity index (χ2v) is 10.7. The number of rotatable bonds is 6. The van der Waals surface area contributed by atoms with Gasteiger partial charge in [-0.3, -0.25) is 0 Å². The van der Waals surface area contributed by atoms with E-state index >= 15 is 4.39 Å². The molecule has 3 heteroatoms. The summed E-state index contributed by atoms with van der Waals surface area (Å²) in [5.74, 6) is -0.0951. The van der Waals surface area contributed by atoms with Crippen LogP contribution in [-0.4, -0.2) is 0 Å². The van der Waals surface area contributed by atoms with E-state index < -0.39 is 5.60 Å². The van der Waals surface area contributed by atoms with Crippen LogP contribution in [-0.2, 0) is 16.5 Å². The van der Waals surface area contributed by atoms with Gasteiger partial charge in [0.05, 0.1) is 10.9 Å². The first kappa shape index (κ1) is 22.2. The van der Waals surface area contributed by atoms with Crippen LogP contribution in [0.15, 0.2) is 136 Å². The average molecular weight is 466 g/mol. The molecule has 0 amide bonds. The summed E-state index contributed by atoms with van der Waals surface area (Å²) in [5.41, 5.74) is 0.294. The van der Waals surface area contributed by atoms with Crippen molar-refractivity contribution in [1.82, 2.24) is 0 Å². The Morgan fingerprint density at radius 1 is 0.588 bits per heavy atom. The molecule has 0 aliphatic carbocycles. The van der Waals surface area contributed by atoms with Crippen molar-refractivity contribution in [2.75, 3.05) is 0 Å². The molecule has 0 N–H and O–H groups in total. The average Bonchev–Trinajstić information content (AvgIpc) is 2.87. The lowest BCUT2D eigenvalue weighted by Gasteiger charge is -2.27. The first-order chi connectivity index (χ1) is 16.5. The Balaban J connectivity index is 1.53. The zero-order valence-corrected chi connectivity index (χ0v) is 20.1. The molecule has 1 nitrogen and oxygen atoms in total. The van der Waals surface area contributed by atoms with Gasteiger partial charge in [-0.05, 0) is 72.6 Å². The zero-order chi connectivity index (χ0) is 23.5. The molecule has 0 saturated carbocycles. The van der Waals surface area contributed by atoms with E-state index in [2.05, 4.69) is 54.6 Å². The summed E-state index contributed by atoms with van der Waals surface area (Å²) < 4.78 is 21.4. The summed E-state index contributed by atoms with van der Waals surface area (Å²) in [4.78, 5) is 3.38. The van der Waals surface area contributed by atoms with Crippen molar-refractivity contribution in [3.63, 3.8) is 0 Å². The SMILES string of the molecule is CC(C)(Oc1cc([S+](c2ccccc2)c2ccccc2)ccc1F)c1ccc2ccccc2c1. The maximum absolute atomic E-state index is 15.0. The summed E-state index contributed by atoms with van der Waals surface area (Å²) in [6.45, 7) is 3.97. The second kappa shape index (κ2) is 9.36. The van der Waals surface area contributed by atoms with Gasteiger partial charge in [0.1, 0.15) is 5.60 Å². The number of hydrogen-bond acceptors (Lipinski definition) is 1. The van der Waals surface area contributed by atoms with Crippen molar-refractivity contribution in [3.05, 3.63) is 133 Å². The molecule has 34 heavy (non-hydrogen) atoms. The third-order valence-electron chi connectivity index (χ3n) is 5.91. The molecule has 0 aromatic heterocycles. The van der Waals surface area contributed by atoms with Gasteiger partial charge in [-0.25, -0.2) is 4.39 Å². The standard InChI is InChI=1S/C31H26FOS/c1-31(2,25-18-17-23-11-9-10-12-24(23)21-25)33-30-22-28(19-20-29(30)32)34(26-13-5-3-6-14-26)27-15-7-4-8-16-27/h3-22H,1-2H3/q+1. The van der Waals surface area contributed by atoms with Crippen LogP contribution in [0.3, 0.4) is 0 Å². The minimum atomic E-state index is -0.707. The molecule has 0 aliphatic rings. The van der Waals surface area contributed by atoms with Crippen LogP contribution in [0.4, 0.5) is 4.39 Å². The number of halogens is 1. The van der Waals surface area contributed by atoms with Gasteiger partial charge in [0.15, 0.2) is 26.3 Å². The Kier molecular flexibility index (Phi) is 6.12. The topological polar surface area (TPSA) is 9.23 Å². The lowest BCUT2D eigenvalue weighted by atomic mass is 9.95. The number of hydrogen-bond donors (Lipinski definition) is 0. The molecule has 0 bridgehead atoms. The Bertz CT molecular complexity index is 1370. The molecule has 0 radical (unpaired) electrons. The summed E-state index contributed by atoms with van der Waals surface area (Å²) in [6, 6.07) is 40.4. The Labute approximate surface area is 203 Å². The highest BCUT2D eigenvalue weighted by Gasteiger charge is 2.31. The fourth-order valence-electron chi connectivity index (χ4n) is 4.11. The van der Waals surface area contributed by atoms with Crippen LogP contribution < -0.4 is 4.74 Å². The second-order valence-electron chi connectivity index (χ2n) is 8.70. The minimum Gasteiger partial charge on any atom is -0.480 e. The minimum absolute atomic E-state index is 0.264. The van der Waals surface area contributed by atoms with Crippen molar-refractivity contribution in [2.24, 2.45) is 0 Å². The molecule has 5 aromatic carbocycles. The van der Waals surface area contributed by atoms with E-state index in [1.165, 1.54) is 21.2 Å². The fourth-order valence-corrected chi connectivity index (χ4v) is 6.21. The van der Waals surface area contributed by atoms with Gasteiger partial charge < -0.3 is 4.74 Å². The van der Waals surface area contributed by atoms with Crippen LogP contribution in [0, 0.1) is 5.82 Å². The first-order valence-corrected chi connectivity index (χ1v) is 12.6. The molecule has 0 fully saturated rings. The Morgan fingerprint density at radius 3 is 1.82 bits per heavy atom. The van der Waals surface area contributed by atoms with Crippen molar-refractivity contribution in [2.45, 2.75) is 34.1 Å². The Hall–Kier alpha value is -3.56. The van der Waals surface area contributed by atoms with Gasteiger partial charge in [0.2, 0.25) is 0 Å². The zero-order valence-electron chi connectivity index (χ0n) is 19.2. The lowest BCUT2D eigenvalue weighted by Crippen LogP contribution is -2.25. The summed E-state index contributed by atoms with van der Waals surface area (Å²) in [6.07, 6.45) is 0. The quantitative estimate of drug-likeness (QED) is 0.229. The number of ether oxygens (including phenoxy) is 1. The molecular formula is C31H26FOS+. The summed E-state index contributed by atoms with van der Waals surface area (Å²) in [5, 5.41) is 2.31. The number of benzene rings is 5. The fraction of sp³-hybridized carbons (Fsp3) is 0.0968.